The number of carbonyl (C=O) groups is 2. The van der Waals surface area contributed by atoms with Gasteiger partial charge in [-0.25, -0.2) is 0 Å². The SMILES string of the molecule is CC1=C(CCC(=O)CC(=O)[O-])C(C)(C)CCC1. The van der Waals surface area contributed by atoms with E-state index in [1.165, 1.54) is 17.6 Å². The molecule has 1 aliphatic carbocycles. The van der Waals surface area contributed by atoms with Crippen LogP contribution in [0.25, 0.3) is 0 Å². The van der Waals surface area contributed by atoms with Crippen molar-refractivity contribution in [1.29, 1.82) is 0 Å². The van der Waals surface area contributed by atoms with Crippen molar-refractivity contribution in [2.75, 3.05) is 0 Å². The van der Waals surface area contributed by atoms with E-state index < -0.39 is 12.4 Å². The standard InChI is InChI=1S/C14H22O3/c1-10-5-4-8-14(2,3)12(10)7-6-11(15)9-13(16)17/h4-9H2,1-3H3,(H,16,17)/p-1. The lowest BCUT2D eigenvalue weighted by Crippen LogP contribution is -2.26. The third kappa shape index (κ3) is 3.99. The molecule has 0 aromatic heterocycles. The van der Waals surface area contributed by atoms with Crippen molar-refractivity contribution < 1.29 is 14.7 Å². The van der Waals surface area contributed by atoms with Crippen molar-refractivity contribution in [2.45, 2.75) is 59.3 Å². The molecule has 0 amide bonds. The Balaban J connectivity index is 2.61. The van der Waals surface area contributed by atoms with Crippen molar-refractivity contribution in [2.24, 2.45) is 5.41 Å². The molecule has 1 aliphatic rings. The smallest absolute Gasteiger partial charge is 0.138 e. The number of rotatable bonds is 5. The number of Topliss-reactive ketones (excluding diaryl/α,β-unsaturated/α-hetero) is 1. The predicted octanol–water partition coefficient (Wildman–Crippen LogP) is 2.00. The molecule has 3 heteroatoms. The van der Waals surface area contributed by atoms with Gasteiger partial charge in [-0.1, -0.05) is 25.0 Å². The highest BCUT2D eigenvalue weighted by Gasteiger charge is 2.28. The first-order chi connectivity index (χ1) is 7.83. The average molecular weight is 237 g/mol. The summed E-state index contributed by atoms with van der Waals surface area (Å²) in [6, 6.07) is 0. The molecule has 1 rings (SSSR count). The van der Waals surface area contributed by atoms with Gasteiger partial charge in [-0.3, -0.25) is 4.79 Å². The second-order valence-corrected chi connectivity index (χ2v) is 5.58. The van der Waals surface area contributed by atoms with Crippen LogP contribution >= 0.6 is 0 Å². The lowest BCUT2D eigenvalue weighted by Gasteiger charge is -2.34. The molecule has 0 heterocycles. The van der Waals surface area contributed by atoms with Crippen LogP contribution in [-0.2, 0) is 9.59 Å². The third-order valence-electron chi connectivity index (χ3n) is 3.68. The summed E-state index contributed by atoms with van der Waals surface area (Å²) < 4.78 is 0. The zero-order valence-corrected chi connectivity index (χ0v) is 11.0. The lowest BCUT2D eigenvalue weighted by atomic mass is 9.71. The normalized spacial score (nSPS) is 19.2. The van der Waals surface area contributed by atoms with E-state index in [9.17, 15) is 14.7 Å². The van der Waals surface area contributed by atoms with E-state index in [0.717, 1.165) is 12.8 Å². The molecule has 0 aromatic rings. The minimum absolute atomic E-state index is 0.157. The first-order valence-corrected chi connectivity index (χ1v) is 6.23. The highest BCUT2D eigenvalue weighted by atomic mass is 16.4. The van der Waals surface area contributed by atoms with Crippen molar-refractivity contribution >= 4 is 11.8 Å². The molecule has 17 heavy (non-hydrogen) atoms. The average Bonchev–Trinajstić information content (AvgIpc) is 2.14. The monoisotopic (exact) mass is 237 g/mol. The van der Waals surface area contributed by atoms with Gasteiger partial charge in [-0.2, -0.15) is 0 Å². The molecule has 0 spiro atoms. The van der Waals surface area contributed by atoms with Gasteiger partial charge in [0.05, 0.1) is 0 Å². The molecule has 3 nitrogen and oxygen atoms in total. The molecule has 0 atom stereocenters. The molecule has 96 valence electrons. The maximum Gasteiger partial charge on any atom is 0.138 e. The Bertz CT molecular complexity index is 350. The Morgan fingerprint density at radius 1 is 1.35 bits per heavy atom. The van der Waals surface area contributed by atoms with E-state index in [4.69, 9.17) is 0 Å². The molecule has 0 saturated carbocycles. The first-order valence-electron chi connectivity index (χ1n) is 6.23. The van der Waals surface area contributed by atoms with Crippen LogP contribution in [0.2, 0.25) is 0 Å². The summed E-state index contributed by atoms with van der Waals surface area (Å²) >= 11 is 0. The molecule has 0 N–H and O–H groups in total. The zero-order chi connectivity index (χ0) is 13.1. The summed E-state index contributed by atoms with van der Waals surface area (Å²) in [6.07, 6.45) is 4.03. The third-order valence-corrected chi connectivity index (χ3v) is 3.68. The highest BCUT2D eigenvalue weighted by Crippen LogP contribution is 2.42. The van der Waals surface area contributed by atoms with Gasteiger partial charge in [0.15, 0.2) is 0 Å². The quantitative estimate of drug-likeness (QED) is 0.543. The van der Waals surface area contributed by atoms with Crippen LogP contribution < -0.4 is 5.11 Å². The number of hydrogen-bond donors (Lipinski definition) is 0. The van der Waals surface area contributed by atoms with Crippen LogP contribution in [0.1, 0.15) is 59.3 Å². The summed E-state index contributed by atoms with van der Waals surface area (Å²) in [5.74, 6) is -1.50. The Kier molecular flexibility index (Phi) is 4.49. The van der Waals surface area contributed by atoms with Crippen LogP contribution in [0.15, 0.2) is 11.1 Å². The van der Waals surface area contributed by atoms with E-state index in [-0.39, 0.29) is 11.2 Å². The number of carboxylic acids is 1. The maximum atomic E-state index is 11.4. The Labute approximate surface area is 103 Å². The number of allylic oxidation sites excluding steroid dienone is 2. The Morgan fingerprint density at radius 2 is 2.00 bits per heavy atom. The molecule has 0 aromatic carbocycles. The van der Waals surface area contributed by atoms with Crippen LogP contribution in [0.5, 0.6) is 0 Å². The summed E-state index contributed by atoms with van der Waals surface area (Å²) in [7, 11) is 0. The Morgan fingerprint density at radius 3 is 2.53 bits per heavy atom. The molecule has 0 radical (unpaired) electrons. The molecular formula is C14H21O3-. The molecular weight excluding hydrogens is 216 g/mol. The second-order valence-electron chi connectivity index (χ2n) is 5.58. The highest BCUT2D eigenvalue weighted by molar-refractivity contribution is 5.93. The summed E-state index contributed by atoms with van der Waals surface area (Å²) in [4.78, 5) is 21.7. The van der Waals surface area contributed by atoms with Gasteiger partial charge >= 0.3 is 0 Å². The van der Waals surface area contributed by atoms with Gasteiger partial charge in [0.25, 0.3) is 0 Å². The van der Waals surface area contributed by atoms with E-state index in [2.05, 4.69) is 20.8 Å². The van der Waals surface area contributed by atoms with Crippen LogP contribution in [-0.4, -0.2) is 11.8 Å². The maximum absolute atomic E-state index is 11.4. The fraction of sp³-hybridized carbons (Fsp3) is 0.714. The molecule has 0 saturated heterocycles. The number of carbonyl (C=O) groups excluding carboxylic acids is 2. The van der Waals surface area contributed by atoms with E-state index in [0.29, 0.717) is 12.8 Å². The van der Waals surface area contributed by atoms with Crippen molar-refractivity contribution in [3.63, 3.8) is 0 Å². The van der Waals surface area contributed by atoms with Crippen LogP contribution in [0.4, 0.5) is 0 Å². The summed E-state index contributed by atoms with van der Waals surface area (Å²) in [6.45, 7) is 6.53. The number of hydrogen-bond acceptors (Lipinski definition) is 3. The van der Waals surface area contributed by atoms with Gasteiger partial charge in [0, 0.05) is 18.8 Å². The lowest BCUT2D eigenvalue weighted by molar-refractivity contribution is -0.304. The fourth-order valence-electron chi connectivity index (χ4n) is 2.74. The summed E-state index contributed by atoms with van der Waals surface area (Å²) in [5.41, 5.74) is 2.88. The van der Waals surface area contributed by atoms with Crippen molar-refractivity contribution in [1.82, 2.24) is 0 Å². The minimum Gasteiger partial charge on any atom is -0.550 e. The largest absolute Gasteiger partial charge is 0.550 e. The fourth-order valence-corrected chi connectivity index (χ4v) is 2.74. The number of ketones is 1. The van der Waals surface area contributed by atoms with Crippen molar-refractivity contribution in [3.8, 4) is 0 Å². The zero-order valence-electron chi connectivity index (χ0n) is 11.0. The van der Waals surface area contributed by atoms with Crippen LogP contribution in [0.3, 0.4) is 0 Å². The second kappa shape index (κ2) is 5.48. The van der Waals surface area contributed by atoms with E-state index in [1.54, 1.807) is 0 Å². The minimum atomic E-state index is -1.27. The molecule has 0 bridgehead atoms. The van der Waals surface area contributed by atoms with Gasteiger partial charge in [0.1, 0.15) is 5.78 Å². The molecule has 0 fully saturated rings. The van der Waals surface area contributed by atoms with Gasteiger partial charge < -0.3 is 9.90 Å². The van der Waals surface area contributed by atoms with Gasteiger partial charge in [0.2, 0.25) is 0 Å². The molecule has 0 unspecified atom stereocenters. The van der Waals surface area contributed by atoms with Crippen LogP contribution in [0, 0.1) is 5.41 Å². The topological polar surface area (TPSA) is 57.2 Å². The van der Waals surface area contributed by atoms with E-state index in [1.807, 2.05) is 0 Å². The Hall–Kier alpha value is -1.12. The van der Waals surface area contributed by atoms with Gasteiger partial charge in [-0.05, 0) is 38.0 Å². The molecule has 0 aliphatic heterocycles. The van der Waals surface area contributed by atoms with Crippen molar-refractivity contribution in [3.05, 3.63) is 11.1 Å². The predicted molar refractivity (Wildman–Crippen MR) is 64.2 cm³/mol. The number of aliphatic carboxylic acids is 1. The first kappa shape index (κ1) is 13.9. The summed E-state index contributed by atoms with van der Waals surface area (Å²) in [5, 5.41) is 10.3. The van der Waals surface area contributed by atoms with E-state index >= 15 is 0 Å². The number of carboxylic acid groups (broad SMARTS) is 1. The van der Waals surface area contributed by atoms with Gasteiger partial charge in [-0.15, -0.1) is 0 Å².